The quantitative estimate of drug-likeness (QED) is 0.663. The Bertz CT molecular complexity index is 887. The summed E-state index contributed by atoms with van der Waals surface area (Å²) in [4.78, 5) is 18.3. The van der Waals surface area contributed by atoms with Gasteiger partial charge in [0, 0.05) is 25.2 Å². The normalized spacial score (nSPS) is 11.1. The highest BCUT2D eigenvalue weighted by Gasteiger charge is 2.14. The Balaban J connectivity index is 1.91. The highest BCUT2D eigenvalue weighted by molar-refractivity contribution is 5.91. The predicted molar refractivity (Wildman–Crippen MR) is 104 cm³/mol. The molecule has 3 rings (SSSR count). The lowest BCUT2D eigenvalue weighted by atomic mass is 10.2. The van der Waals surface area contributed by atoms with E-state index >= 15 is 0 Å². The van der Waals surface area contributed by atoms with Crippen molar-refractivity contribution in [1.82, 2.24) is 14.5 Å². The van der Waals surface area contributed by atoms with Crippen molar-refractivity contribution in [3.8, 4) is 11.4 Å². The zero-order chi connectivity index (χ0) is 18.5. The molecule has 2 aromatic carbocycles. The molecule has 0 unspecified atom stereocenters. The molecule has 6 heteroatoms. The Labute approximate surface area is 153 Å². The van der Waals surface area contributed by atoms with E-state index < -0.39 is 0 Å². The van der Waals surface area contributed by atoms with E-state index in [9.17, 15) is 4.79 Å². The van der Waals surface area contributed by atoms with E-state index in [4.69, 9.17) is 4.74 Å². The summed E-state index contributed by atoms with van der Waals surface area (Å²) in [7, 11) is 4.09. The fraction of sp³-hybridized carbons (Fsp3) is 0.300. The molecule has 1 heterocycles. The van der Waals surface area contributed by atoms with Gasteiger partial charge in [-0.05, 0) is 44.8 Å². The van der Waals surface area contributed by atoms with Crippen LogP contribution in [0.2, 0.25) is 0 Å². The lowest BCUT2D eigenvalue weighted by molar-refractivity contribution is -0.114. The molecule has 1 amide bonds. The summed E-state index contributed by atoms with van der Waals surface area (Å²) < 4.78 is 7.77. The standard InChI is InChI=1S/C20H24N4O2/c1-15(25)21-20-22-18-14-17(26-13-7-12-23(2)3)10-11-19(18)24(20)16-8-5-4-6-9-16/h4-6,8-11,14H,7,12-13H2,1-3H3,(H,21,22,25). The molecule has 0 bridgehead atoms. The third kappa shape index (κ3) is 4.21. The van der Waals surface area contributed by atoms with Crippen LogP contribution >= 0.6 is 0 Å². The van der Waals surface area contributed by atoms with Crippen LogP contribution < -0.4 is 10.1 Å². The minimum absolute atomic E-state index is 0.155. The predicted octanol–water partition coefficient (Wildman–Crippen LogP) is 3.31. The van der Waals surface area contributed by atoms with Crippen LogP contribution in [-0.2, 0) is 4.79 Å². The molecule has 136 valence electrons. The highest BCUT2D eigenvalue weighted by Crippen LogP contribution is 2.27. The summed E-state index contributed by atoms with van der Waals surface area (Å²) in [5.74, 6) is 1.13. The number of anilines is 1. The summed E-state index contributed by atoms with van der Waals surface area (Å²) in [5.41, 5.74) is 2.64. The fourth-order valence-electron chi connectivity index (χ4n) is 2.80. The first kappa shape index (κ1) is 17.9. The molecule has 1 N–H and O–H groups in total. The number of carbonyl (C=O) groups excluding carboxylic acids is 1. The lowest BCUT2D eigenvalue weighted by Gasteiger charge is -2.11. The van der Waals surface area contributed by atoms with Crippen LogP contribution in [0.3, 0.4) is 0 Å². The number of hydrogen-bond acceptors (Lipinski definition) is 4. The first-order valence-corrected chi connectivity index (χ1v) is 8.67. The number of amides is 1. The number of fused-ring (bicyclic) bond motifs is 1. The molecule has 0 aliphatic rings. The van der Waals surface area contributed by atoms with E-state index in [0.29, 0.717) is 12.6 Å². The van der Waals surface area contributed by atoms with Gasteiger partial charge in [-0.25, -0.2) is 4.98 Å². The molecule has 0 fully saturated rings. The van der Waals surface area contributed by atoms with Crippen molar-refractivity contribution < 1.29 is 9.53 Å². The number of ether oxygens (including phenoxy) is 1. The van der Waals surface area contributed by atoms with Gasteiger partial charge in [-0.3, -0.25) is 14.7 Å². The first-order chi connectivity index (χ1) is 12.5. The van der Waals surface area contributed by atoms with Crippen molar-refractivity contribution in [2.75, 3.05) is 32.6 Å². The van der Waals surface area contributed by atoms with Gasteiger partial charge in [0.1, 0.15) is 5.75 Å². The lowest BCUT2D eigenvalue weighted by Crippen LogP contribution is -2.15. The topological polar surface area (TPSA) is 59.4 Å². The second kappa shape index (κ2) is 8.01. The van der Waals surface area contributed by atoms with Gasteiger partial charge >= 0.3 is 0 Å². The molecule has 0 aliphatic carbocycles. The third-order valence-electron chi connectivity index (χ3n) is 3.95. The van der Waals surface area contributed by atoms with Crippen LogP contribution in [0.4, 0.5) is 5.95 Å². The zero-order valence-electron chi connectivity index (χ0n) is 15.4. The molecule has 0 saturated carbocycles. The molecule has 6 nitrogen and oxygen atoms in total. The van der Waals surface area contributed by atoms with Gasteiger partial charge in [0.25, 0.3) is 0 Å². The molecule has 26 heavy (non-hydrogen) atoms. The summed E-state index contributed by atoms with van der Waals surface area (Å²) >= 11 is 0. The summed E-state index contributed by atoms with van der Waals surface area (Å²) in [6, 6.07) is 15.7. The maximum absolute atomic E-state index is 11.6. The summed E-state index contributed by atoms with van der Waals surface area (Å²) in [5, 5.41) is 2.81. The maximum atomic E-state index is 11.6. The molecular formula is C20H24N4O2. The van der Waals surface area contributed by atoms with Gasteiger partial charge in [0.05, 0.1) is 17.6 Å². The zero-order valence-corrected chi connectivity index (χ0v) is 15.4. The van der Waals surface area contributed by atoms with Crippen molar-refractivity contribution in [1.29, 1.82) is 0 Å². The van der Waals surface area contributed by atoms with Crippen LogP contribution in [0, 0.1) is 0 Å². The minimum Gasteiger partial charge on any atom is -0.493 e. The van der Waals surface area contributed by atoms with Crippen LogP contribution in [0.1, 0.15) is 13.3 Å². The van der Waals surface area contributed by atoms with E-state index in [-0.39, 0.29) is 5.91 Å². The summed E-state index contributed by atoms with van der Waals surface area (Å²) in [6.07, 6.45) is 0.959. The molecular weight excluding hydrogens is 328 g/mol. The van der Waals surface area contributed by atoms with Crippen LogP contribution in [-0.4, -0.2) is 47.6 Å². The van der Waals surface area contributed by atoms with Crippen LogP contribution in [0.15, 0.2) is 48.5 Å². The number of rotatable bonds is 7. The number of hydrogen-bond donors (Lipinski definition) is 1. The van der Waals surface area contributed by atoms with E-state index in [2.05, 4.69) is 15.2 Å². The number of para-hydroxylation sites is 1. The molecule has 0 atom stereocenters. The van der Waals surface area contributed by atoms with Crippen molar-refractivity contribution in [3.63, 3.8) is 0 Å². The Morgan fingerprint density at radius 1 is 1.19 bits per heavy atom. The Morgan fingerprint density at radius 2 is 1.96 bits per heavy atom. The van der Waals surface area contributed by atoms with E-state index in [1.165, 1.54) is 6.92 Å². The van der Waals surface area contributed by atoms with E-state index in [1.54, 1.807) is 0 Å². The SMILES string of the molecule is CC(=O)Nc1nc2cc(OCCCN(C)C)ccc2n1-c1ccccc1. The van der Waals surface area contributed by atoms with Crippen LogP contribution in [0.5, 0.6) is 5.75 Å². The molecule has 1 aromatic heterocycles. The number of imidazole rings is 1. The molecule has 0 spiro atoms. The first-order valence-electron chi connectivity index (χ1n) is 8.67. The smallest absolute Gasteiger partial charge is 0.223 e. The average Bonchev–Trinajstić information content (AvgIpc) is 2.95. The van der Waals surface area contributed by atoms with Gasteiger partial charge in [-0.15, -0.1) is 0 Å². The number of nitrogens with one attached hydrogen (secondary N) is 1. The maximum Gasteiger partial charge on any atom is 0.223 e. The highest BCUT2D eigenvalue weighted by atomic mass is 16.5. The minimum atomic E-state index is -0.155. The van der Waals surface area contributed by atoms with E-state index in [0.717, 1.165) is 35.4 Å². The fourth-order valence-corrected chi connectivity index (χ4v) is 2.80. The second-order valence-electron chi connectivity index (χ2n) is 6.44. The van der Waals surface area contributed by atoms with Crippen molar-refractivity contribution in [2.45, 2.75) is 13.3 Å². The molecule has 0 aliphatic heterocycles. The van der Waals surface area contributed by atoms with Gasteiger partial charge in [-0.1, -0.05) is 18.2 Å². The van der Waals surface area contributed by atoms with E-state index in [1.807, 2.05) is 67.2 Å². The van der Waals surface area contributed by atoms with Crippen molar-refractivity contribution >= 4 is 22.9 Å². The molecule has 3 aromatic rings. The van der Waals surface area contributed by atoms with Gasteiger partial charge in [0.15, 0.2) is 0 Å². The number of nitrogens with zero attached hydrogens (tertiary/aromatic N) is 3. The van der Waals surface area contributed by atoms with Crippen LogP contribution in [0.25, 0.3) is 16.7 Å². The Kier molecular flexibility index (Phi) is 5.53. The summed E-state index contributed by atoms with van der Waals surface area (Å²) in [6.45, 7) is 3.12. The number of aromatic nitrogens is 2. The Hall–Kier alpha value is -2.86. The van der Waals surface area contributed by atoms with Crippen molar-refractivity contribution in [3.05, 3.63) is 48.5 Å². The van der Waals surface area contributed by atoms with Gasteiger partial charge < -0.3 is 9.64 Å². The second-order valence-corrected chi connectivity index (χ2v) is 6.44. The largest absolute Gasteiger partial charge is 0.493 e. The van der Waals surface area contributed by atoms with Gasteiger partial charge in [-0.2, -0.15) is 0 Å². The monoisotopic (exact) mass is 352 g/mol. The molecule has 0 saturated heterocycles. The Morgan fingerprint density at radius 3 is 2.65 bits per heavy atom. The number of carbonyl (C=O) groups is 1. The average molecular weight is 352 g/mol. The number of benzene rings is 2. The van der Waals surface area contributed by atoms with Crippen molar-refractivity contribution in [2.24, 2.45) is 0 Å². The van der Waals surface area contributed by atoms with Gasteiger partial charge in [0.2, 0.25) is 11.9 Å². The third-order valence-corrected chi connectivity index (χ3v) is 3.95. The molecule has 0 radical (unpaired) electrons.